The number of nitrogens with zero attached hydrogens (tertiary/aromatic N) is 3. The van der Waals surface area contributed by atoms with Crippen molar-refractivity contribution < 1.29 is 27.8 Å². The largest absolute Gasteiger partial charge is 0.486 e. The first-order valence-electron chi connectivity index (χ1n) is 10.2. The third-order valence-corrected chi connectivity index (χ3v) is 7.39. The van der Waals surface area contributed by atoms with Crippen LogP contribution in [-0.2, 0) is 23.0 Å². The van der Waals surface area contributed by atoms with E-state index in [0.29, 0.717) is 48.0 Å². The van der Waals surface area contributed by atoms with E-state index in [2.05, 4.69) is 5.10 Å². The molecule has 166 valence electrons. The van der Waals surface area contributed by atoms with Gasteiger partial charge in [0.2, 0.25) is 10.0 Å². The summed E-state index contributed by atoms with van der Waals surface area (Å²) < 4.78 is 39.8. The Hall–Kier alpha value is -3.21. The molecule has 9 nitrogen and oxygen atoms in total. The number of hydrogen-bond acceptors (Lipinski definition) is 7. The van der Waals surface area contributed by atoms with Crippen LogP contribution in [0.1, 0.15) is 27.7 Å². The lowest BCUT2D eigenvalue weighted by Gasteiger charge is -2.26. The molecular weight excluding hydrogens is 434 g/mol. The fourth-order valence-electron chi connectivity index (χ4n) is 3.84. The Bertz CT molecular complexity index is 1270. The van der Waals surface area contributed by atoms with Crippen molar-refractivity contribution in [3.05, 3.63) is 71.5 Å². The van der Waals surface area contributed by atoms with E-state index in [1.165, 1.54) is 22.6 Å². The Labute approximate surface area is 184 Å². The molecular formula is C22H21N3O6S. The molecule has 0 unspecified atom stereocenters. The number of sulfonamides is 1. The Morgan fingerprint density at radius 2 is 1.81 bits per heavy atom. The van der Waals surface area contributed by atoms with Crippen molar-refractivity contribution >= 4 is 15.9 Å². The summed E-state index contributed by atoms with van der Waals surface area (Å²) in [4.78, 5) is 12.8. The number of carbonyl (C=O) groups excluding carboxylic acids is 1. The van der Waals surface area contributed by atoms with Crippen molar-refractivity contribution in [1.82, 2.24) is 14.1 Å². The van der Waals surface area contributed by atoms with Gasteiger partial charge in [0.15, 0.2) is 17.6 Å². The Morgan fingerprint density at radius 1 is 1.06 bits per heavy atom. The lowest BCUT2D eigenvalue weighted by Crippen LogP contribution is -2.35. The average Bonchev–Trinajstić information content (AvgIpc) is 3.27. The molecule has 3 aromatic rings. The maximum atomic E-state index is 13.2. The van der Waals surface area contributed by atoms with Crippen molar-refractivity contribution in [3.63, 3.8) is 0 Å². The minimum Gasteiger partial charge on any atom is -0.486 e. The first-order valence-corrected chi connectivity index (χ1v) is 11.6. The molecule has 0 saturated carbocycles. The van der Waals surface area contributed by atoms with Crippen LogP contribution in [-0.4, -0.2) is 53.3 Å². The molecule has 2 aliphatic rings. The van der Waals surface area contributed by atoms with Crippen LogP contribution in [0.4, 0.5) is 0 Å². The predicted octanol–water partition coefficient (Wildman–Crippen LogP) is 1.78. The molecule has 0 amide bonds. The Kier molecular flexibility index (Phi) is 5.20. The van der Waals surface area contributed by atoms with E-state index in [9.17, 15) is 18.3 Å². The van der Waals surface area contributed by atoms with E-state index >= 15 is 0 Å². The van der Waals surface area contributed by atoms with Gasteiger partial charge in [-0.3, -0.25) is 4.79 Å². The van der Waals surface area contributed by atoms with E-state index in [0.717, 1.165) is 4.68 Å². The molecule has 0 fully saturated rings. The van der Waals surface area contributed by atoms with Gasteiger partial charge < -0.3 is 14.6 Å². The van der Waals surface area contributed by atoms with E-state index in [-0.39, 0.29) is 18.0 Å². The van der Waals surface area contributed by atoms with Gasteiger partial charge in [0, 0.05) is 37.3 Å². The lowest BCUT2D eigenvalue weighted by molar-refractivity contribution is 0.0635. The fourth-order valence-corrected chi connectivity index (χ4v) is 5.28. The summed E-state index contributed by atoms with van der Waals surface area (Å²) >= 11 is 0. The zero-order valence-electron chi connectivity index (χ0n) is 17.0. The normalized spacial score (nSPS) is 16.9. The molecule has 1 N–H and O–H groups in total. The third-order valence-electron chi connectivity index (χ3n) is 5.55. The van der Waals surface area contributed by atoms with Crippen molar-refractivity contribution in [2.75, 3.05) is 19.8 Å². The first-order chi connectivity index (χ1) is 15.4. The summed E-state index contributed by atoms with van der Waals surface area (Å²) in [6.07, 6.45) is 0.506. The van der Waals surface area contributed by atoms with Gasteiger partial charge in [0.25, 0.3) is 5.91 Å². The Balaban J connectivity index is 1.37. The van der Waals surface area contributed by atoms with Crippen LogP contribution in [0, 0.1) is 0 Å². The van der Waals surface area contributed by atoms with E-state index in [1.54, 1.807) is 36.4 Å². The predicted molar refractivity (Wildman–Crippen MR) is 113 cm³/mol. The van der Waals surface area contributed by atoms with Gasteiger partial charge >= 0.3 is 0 Å². The van der Waals surface area contributed by atoms with E-state index in [1.807, 2.05) is 0 Å². The van der Waals surface area contributed by atoms with Gasteiger partial charge in [0.1, 0.15) is 13.2 Å². The van der Waals surface area contributed by atoms with Gasteiger partial charge in [-0.1, -0.05) is 30.3 Å². The Morgan fingerprint density at radius 3 is 2.59 bits per heavy atom. The maximum Gasteiger partial charge on any atom is 0.280 e. The molecule has 1 atom stereocenters. The smallest absolute Gasteiger partial charge is 0.280 e. The molecule has 3 heterocycles. The van der Waals surface area contributed by atoms with Gasteiger partial charge in [-0.2, -0.15) is 9.40 Å². The number of aliphatic hydroxyl groups is 1. The number of aromatic nitrogens is 2. The van der Waals surface area contributed by atoms with Crippen LogP contribution in [0.15, 0.2) is 59.6 Å². The third kappa shape index (κ3) is 3.66. The highest BCUT2D eigenvalue weighted by atomic mass is 32.2. The van der Waals surface area contributed by atoms with Crippen molar-refractivity contribution in [2.24, 2.45) is 0 Å². The molecule has 2 aromatic carbocycles. The average molecular weight is 455 g/mol. The number of hydrogen-bond donors (Lipinski definition) is 1. The molecule has 2 aliphatic heterocycles. The van der Waals surface area contributed by atoms with Gasteiger partial charge in [0.05, 0.1) is 10.6 Å². The van der Waals surface area contributed by atoms with Crippen LogP contribution in [0.25, 0.3) is 0 Å². The minimum absolute atomic E-state index is 0.0841. The van der Waals surface area contributed by atoms with Crippen LogP contribution in [0.3, 0.4) is 0 Å². The summed E-state index contributed by atoms with van der Waals surface area (Å²) in [5, 5.41) is 14.7. The molecule has 1 aromatic heterocycles. The number of ether oxygens (including phenoxy) is 2. The van der Waals surface area contributed by atoms with Crippen LogP contribution in [0.5, 0.6) is 11.5 Å². The first kappa shape index (κ1) is 20.7. The van der Waals surface area contributed by atoms with Crippen LogP contribution in [0.2, 0.25) is 0 Å². The minimum atomic E-state index is -3.78. The second-order valence-corrected chi connectivity index (χ2v) is 9.53. The van der Waals surface area contributed by atoms with Gasteiger partial charge in [-0.15, -0.1) is 0 Å². The molecule has 32 heavy (non-hydrogen) atoms. The van der Waals surface area contributed by atoms with Crippen LogP contribution >= 0.6 is 0 Å². The quantitative estimate of drug-likeness (QED) is 0.638. The van der Waals surface area contributed by atoms with Gasteiger partial charge in [-0.05, 0) is 17.7 Å². The fraction of sp³-hybridized carbons (Fsp3) is 0.273. The van der Waals surface area contributed by atoms with Crippen molar-refractivity contribution in [2.45, 2.75) is 24.0 Å². The summed E-state index contributed by atoms with van der Waals surface area (Å²) in [5.74, 6) is 0.336. The zero-order valence-corrected chi connectivity index (χ0v) is 17.9. The summed E-state index contributed by atoms with van der Waals surface area (Å²) in [7, 11) is -3.78. The van der Waals surface area contributed by atoms with Crippen molar-refractivity contribution in [3.8, 4) is 11.5 Å². The highest BCUT2D eigenvalue weighted by molar-refractivity contribution is 7.89. The number of rotatable bonds is 4. The van der Waals surface area contributed by atoms with Crippen LogP contribution < -0.4 is 9.47 Å². The number of fused-ring (bicyclic) bond motifs is 2. The highest BCUT2D eigenvalue weighted by Crippen LogP contribution is 2.34. The number of benzene rings is 2. The number of carbonyl (C=O) groups is 1. The highest BCUT2D eigenvalue weighted by Gasteiger charge is 2.32. The standard InChI is InChI=1S/C22H21N3O6S/c26-21(15-4-2-1-3-5-15)22(27)25-14-16-13-24(9-8-18(16)23-25)32(28,29)17-6-7-19-20(12-17)31-11-10-30-19/h1-7,12,14,21,26H,8-11,13H2/t21-/m0/s1. The monoisotopic (exact) mass is 455 g/mol. The summed E-state index contributed by atoms with van der Waals surface area (Å²) in [5.41, 5.74) is 1.74. The molecule has 0 spiro atoms. The van der Waals surface area contributed by atoms with E-state index < -0.39 is 22.0 Å². The molecule has 0 bridgehead atoms. The number of aliphatic hydroxyl groups excluding tert-OH is 1. The van der Waals surface area contributed by atoms with E-state index in [4.69, 9.17) is 9.47 Å². The summed E-state index contributed by atoms with van der Waals surface area (Å²) in [6.45, 7) is 1.11. The van der Waals surface area contributed by atoms with Crippen molar-refractivity contribution in [1.29, 1.82) is 0 Å². The second kappa shape index (κ2) is 8.05. The topological polar surface area (TPSA) is 111 Å². The molecule has 0 radical (unpaired) electrons. The molecule has 0 saturated heterocycles. The van der Waals surface area contributed by atoms with Gasteiger partial charge in [-0.25, -0.2) is 13.1 Å². The molecule has 10 heteroatoms. The lowest BCUT2D eigenvalue weighted by atomic mass is 10.1. The SMILES string of the molecule is O=C([C@@H](O)c1ccccc1)n1cc2c(n1)CCN(S(=O)(=O)c1ccc3c(c1)OCCO3)C2. The maximum absolute atomic E-state index is 13.2. The molecule has 5 rings (SSSR count). The zero-order chi connectivity index (χ0) is 22.3. The second-order valence-electron chi connectivity index (χ2n) is 7.59. The molecule has 0 aliphatic carbocycles. The summed E-state index contributed by atoms with van der Waals surface area (Å²) in [6, 6.07) is 13.2.